The lowest BCUT2D eigenvalue weighted by Crippen LogP contribution is -1.97. The molecule has 0 atom stereocenters. The van der Waals surface area contributed by atoms with Gasteiger partial charge in [0.2, 0.25) is 0 Å². The van der Waals surface area contributed by atoms with Gasteiger partial charge < -0.3 is 10.4 Å². The minimum absolute atomic E-state index is 0.291. The number of nitrogens with zero attached hydrogens (tertiary/aromatic N) is 2. The zero-order valence-electron chi connectivity index (χ0n) is 12.3. The van der Waals surface area contributed by atoms with E-state index in [1.807, 2.05) is 19.1 Å². The third-order valence-corrected chi connectivity index (χ3v) is 3.71. The molecule has 0 fully saturated rings. The Morgan fingerprint density at radius 2 is 1.67 bits per heavy atom. The molecular formula is C17H17N3O. The molecule has 0 aliphatic heterocycles. The molecule has 0 saturated carbocycles. The number of anilines is 2. The van der Waals surface area contributed by atoms with Gasteiger partial charge in [-0.25, -0.2) is 9.97 Å². The molecule has 4 heteroatoms. The number of phenolic OH excluding ortho intramolecular Hbond substituents is 1. The number of fused-ring (bicyclic) bond motifs is 1. The molecule has 106 valence electrons. The SMILES string of the molecule is Cc1cc2ncnc(Nc3ccc(O)c(C)c3)c2cc1C. The van der Waals surface area contributed by atoms with Gasteiger partial charge in [-0.3, -0.25) is 0 Å². The molecule has 0 radical (unpaired) electrons. The number of phenols is 1. The number of nitrogens with one attached hydrogen (secondary N) is 1. The van der Waals surface area contributed by atoms with Crippen molar-refractivity contribution in [2.24, 2.45) is 0 Å². The van der Waals surface area contributed by atoms with Gasteiger partial charge in [0.15, 0.2) is 0 Å². The Morgan fingerprint density at radius 1 is 0.905 bits per heavy atom. The zero-order valence-corrected chi connectivity index (χ0v) is 12.3. The van der Waals surface area contributed by atoms with Crippen LogP contribution in [0.15, 0.2) is 36.7 Å². The van der Waals surface area contributed by atoms with E-state index in [9.17, 15) is 5.11 Å². The fourth-order valence-electron chi connectivity index (χ4n) is 2.29. The standard InChI is InChI=1S/C17H17N3O/c1-10-7-14-15(8-11(10)2)18-9-19-17(14)20-13-4-5-16(21)12(3)6-13/h4-9,21H,1-3H3,(H,18,19,20). The van der Waals surface area contributed by atoms with Gasteiger partial charge in [-0.2, -0.15) is 0 Å². The molecule has 0 spiro atoms. The third kappa shape index (κ3) is 2.52. The van der Waals surface area contributed by atoms with Gasteiger partial charge >= 0.3 is 0 Å². The first-order valence-corrected chi connectivity index (χ1v) is 6.83. The second kappa shape index (κ2) is 5.05. The third-order valence-electron chi connectivity index (χ3n) is 3.71. The van der Waals surface area contributed by atoms with Crippen molar-refractivity contribution in [3.63, 3.8) is 0 Å². The normalized spacial score (nSPS) is 10.8. The van der Waals surface area contributed by atoms with Crippen molar-refractivity contribution in [2.45, 2.75) is 20.8 Å². The topological polar surface area (TPSA) is 58.0 Å². The molecule has 1 aromatic heterocycles. The average Bonchev–Trinajstić information content (AvgIpc) is 2.45. The molecule has 0 bridgehead atoms. The molecule has 2 N–H and O–H groups in total. The molecule has 0 amide bonds. The fraction of sp³-hybridized carbons (Fsp3) is 0.176. The van der Waals surface area contributed by atoms with E-state index in [0.29, 0.717) is 5.75 Å². The van der Waals surface area contributed by atoms with Crippen LogP contribution in [0.1, 0.15) is 16.7 Å². The highest BCUT2D eigenvalue weighted by molar-refractivity contribution is 5.91. The maximum Gasteiger partial charge on any atom is 0.141 e. The summed E-state index contributed by atoms with van der Waals surface area (Å²) in [5.74, 6) is 1.06. The second-order valence-electron chi connectivity index (χ2n) is 5.30. The van der Waals surface area contributed by atoms with Gasteiger partial charge in [0.25, 0.3) is 0 Å². The second-order valence-corrected chi connectivity index (χ2v) is 5.30. The van der Waals surface area contributed by atoms with Gasteiger partial charge in [0.05, 0.1) is 5.52 Å². The number of rotatable bonds is 2. The maximum atomic E-state index is 9.60. The van der Waals surface area contributed by atoms with Crippen LogP contribution in [-0.4, -0.2) is 15.1 Å². The van der Waals surface area contributed by atoms with Crippen molar-refractivity contribution in [1.82, 2.24) is 9.97 Å². The molecule has 0 aliphatic carbocycles. The Morgan fingerprint density at radius 3 is 2.43 bits per heavy atom. The van der Waals surface area contributed by atoms with Crippen molar-refractivity contribution in [3.05, 3.63) is 53.3 Å². The summed E-state index contributed by atoms with van der Waals surface area (Å²) in [7, 11) is 0. The van der Waals surface area contributed by atoms with Gasteiger partial charge in [-0.1, -0.05) is 0 Å². The highest BCUT2D eigenvalue weighted by Gasteiger charge is 2.07. The molecule has 1 heterocycles. The number of aryl methyl sites for hydroxylation is 3. The zero-order chi connectivity index (χ0) is 15.0. The van der Waals surface area contributed by atoms with Crippen LogP contribution in [0.3, 0.4) is 0 Å². The summed E-state index contributed by atoms with van der Waals surface area (Å²) in [5, 5.41) is 13.9. The Labute approximate surface area is 123 Å². The molecule has 4 nitrogen and oxygen atoms in total. The minimum Gasteiger partial charge on any atom is -0.508 e. The highest BCUT2D eigenvalue weighted by Crippen LogP contribution is 2.27. The van der Waals surface area contributed by atoms with E-state index in [4.69, 9.17) is 0 Å². The van der Waals surface area contributed by atoms with Crippen LogP contribution in [0.2, 0.25) is 0 Å². The van der Waals surface area contributed by atoms with Crippen LogP contribution in [0.4, 0.5) is 11.5 Å². The fourth-order valence-corrected chi connectivity index (χ4v) is 2.29. The largest absolute Gasteiger partial charge is 0.508 e. The van der Waals surface area contributed by atoms with Crippen LogP contribution in [0.25, 0.3) is 10.9 Å². The highest BCUT2D eigenvalue weighted by atomic mass is 16.3. The lowest BCUT2D eigenvalue weighted by molar-refractivity contribution is 0.471. The van der Waals surface area contributed by atoms with E-state index in [2.05, 4.69) is 41.3 Å². The molecule has 3 rings (SSSR count). The molecular weight excluding hydrogens is 262 g/mol. The molecule has 3 aromatic rings. The van der Waals surface area contributed by atoms with Crippen molar-refractivity contribution in [1.29, 1.82) is 0 Å². The molecule has 21 heavy (non-hydrogen) atoms. The van der Waals surface area contributed by atoms with Crippen LogP contribution in [0.5, 0.6) is 5.75 Å². The number of aromatic nitrogens is 2. The molecule has 0 saturated heterocycles. The van der Waals surface area contributed by atoms with Crippen LogP contribution < -0.4 is 5.32 Å². The van der Waals surface area contributed by atoms with E-state index in [1.165, 1.54) is 11.1 Å². The summed E-state index contributed by atoms with van der Waals surface area (Å²) in [6.45, 7) is 6.02. The Bertz CT molecular complexity index is 828. The maximum absolute atomic E-state index is 9.60. The number of hydrogen-bond acceptors (Lipinski definition) is 4. The van der Waals surface area contributed by atoms with Crippen LogP contribution >= 0.6 is 0 Å². The predicted octanol–water partition coefficient (Wildman–Crippen LogP) is 4.00. The average molecular weight is 279 g/mol. The van der Waals surface area contributed by atoms with E-state index < -0.39 is 0 Å². The summed E-state index contributed by atoms with van der Waals surface area (Å²) in [6.07, 6.45) is 1.56. The summed E-state index contributed by atoms with van der Waals surface area (Å²) in [4.78, 5) is 8.67. The van der Waals surface area contributed by atoms with Gasteiger partial charge in [-0.05, 0) is 67.8 Å². The lowest BCUT2D eigenvalue weighted by Gasteiger charge is -2.11. The van der Waals surface area contributed by atoms with E-state index in [-0.39, 0.29) is 0 Å². The van der Waals surface area contributed by atoms with Crippen molar-refractivity contribution < 1.29 is 5.11 Å². The molecule has 0 unspecified atom stereocenters. The number of benzene rings is 2. The Balaban J connectivity index is 2.07. The summed E-state index contributed by atoms with van der Waals surface area (Å²) < 4.78 is 0. The quantitative estimate of drug-likeness (QED) is 0.696. The first-order valence-electron chi connectivity index (χ1n) is 6.83. The monoisotopic (exact) mass is 279 g/mol. The Kier molecular flexibility index (Phi) is 3.22. The van der Waals surface area contributed by atoms with Crippen molar-refractivity contribution in [3.8, 4) is 5.75 Å². The molecule has 2 aromatic carbocycles. The van der Waals surface area contributed by atoms with Gasteiger partial charge in [0.1, 0.15) is 17.9 Å². The van der Waals surface area contributed by atoms with Crippen molar-refractivity contribution in [2.75, 3.05) is 5.32 Å². The van der Waals surface area contributed by atoms with Gasteiger partial charge in [0, 0.05) is 11.1 Å². The summed E-state index contributed by atoms with van der Waals surface area (Å²) in [5.41, 5.74) is 5.06. The first-order chi connectivity index (χ1) is 10.0. The summed E-state index contributed by atoms with van der Waals surface area (Å²) >= 11 is 0. The van der Waals surface area contributed by atoms with Crippen LogP contribution in [0, 0.1) is 20.8 Å². The van der Waals surface area contributed by atoms with Gasteiger partial charge in [-0.15, -0.1) is 0 Å². The molecule has 0 aliphatic rings. The first kappa shape index (κ1) is 13.4. The number of hydrogen-bond donors (Lipinski definition) is 2. The summed E-state index contributed by atoms with van der Waals surface area (Å²) in [6, 6.07) is 9.57. The van der Waals surface area contributed by atoms with E-state index >= 15 is 0 Å². The minimum atomic E-state index is 0.291. The van der Waals surface area contributed by atoms with E-state index in [0.717, 1.165) is 28.0 Å². The lowest BCUT2D eigenvalue weighted by atomic mass is 10.1. The smallest absolute Gasteiger partial charge is 0.141 e. The van der Waals surface area contributed by atoms with Crippen molar-refractivity contribution >= 4 is 22.4 Å². The number of aromatic hydroxyl groups is 1. The predicted molar refractivity (Wildman–Crippen MR) is 85.1 cm³/mol. The Hall–Kier alpha value is -2.62. The van der Waals surface area contributed by atoms with Crippen LogP contribution in [-0.2, 0) is 0 Å². The van der Waals surface area contributed by atoms with E-state index in [1.54, 1.807) is 12.4 Å².